The van der Waals surface area contributed by atoms with E-state index in [0.717, 1.165) is 25.9 Å². The van der Waals surface area contributed by atoms with Crippen LogP contribution in [0, 0.1) is 0 Å². The summed E-state index contributed by atoms with van der Waals surface area (Å²) >= 11 is 0. The average molecular weight is 393 g/mol. The summed E-state index contributed by atoms with van der Waals surface area (Å²) in [5.74, 6) is 0.180. The molecule has 2 rings (SSSR count). The summed E-state index contributed by atoms with van der Waals surface area (Å²) in [4.78, 5) is 46.4. The number of fused-ring (bicyclic) bond motifs is 1. The van der Waals surface area contributed by atoms with Crippen molar-refractivity contribution >= 4 is 17.1 Å². The Kier molecular flexibility index (Phi) is 7.56. The summed E-state index contributed by atoms with van der Waals surface area (Å²) in [6.07, 6.45) is 2.41. The second-order valence-corrected chi connectivity index (χ2v) is 6.84. The van der Waals surface area contributed by atoms with Crippen molar-refractivity contribution in [3.05, 3.63) is 26.7 Å². The SMILES string of the molecule is CCCN(CCC)Cc1nc2c(c(=O)[nH]c(=O)n2C)n1[C@@H](CC)C(=O)OCC. The Morgan fingerprint density at radius 2 is 1.82 bits per heavy atom. The third kappa shape index (κ3) is 4.35. The predicted octanol–water partition coefficient (Wildman–Crippen LogP) is 1.56. The van der Waals surface area contributed by atoms with Gasteiger partial charge in [0.1, 0.15) is 11.9 Å². The van der Waals surface area contributed by atoms with E-state index in [0.29, 0.717) is 18.8 Å². The molecule has 28 heavy (non-hydrogen) atoms. The van der Waals surface area contributed by atoms with Crippen LogP contribution in [0.3, 0.4) is 0 Å². The Labute approximate surface area is 164 Å². The molecule has 9 heteroatoms. The largest absolute Gasteiger partial charge is 0.464 e. The Morgan fingerprint density at radius 3 is 2.36 bits per heavy atom. The highest BCUT2D eigenvalue weighted by Crippen LogP contribution is 2.23. The lowest BCUT2D eigenvalue weighted by atomic mass is 10.2. The first-order valence-electron chi connectivity index (χ1n) is 9.98. The summed E-state index contributed by atoms with van der Waals surface area (Å²) in [7, 11) is 1.56. The molecular weight excluding hydrogens is 362 g/mol. The van der Waals surface area contributed by atoms with E-state index >= 15 is 0 Å². The zero-order chi connectivity index (χ0) is 20.8. The summed E-state index contributed by atoms with van der Waals surface area (Å²) in [6.45, 7) is 10.3. The molecule has 0 aliphatic heterocycles. The standard InChI is InChI=1S/C19H31N5O4/c1-6-10-23(11-7-2)12-14-20-16-15(17(25)21-19(27)22(16)5)24(14)13(8-3)18(26)28-9-4/h13H,6-12H2,1-5H3,(H,21,25,27)/t13-/m0/s1. The van der Waals surface area contributed by atoms with Crippen molar-refractivity contribution in [1.82, 2.24) is 24.0 Å². The van der Waals surface area contributed by atoms with Crippen LogP contribution in [0.15, 0.2) is 9.59 Å². The van der Waals surface area contributed by atoms with Gasteiger partial charge in [0, 0.05) is 7.05 Å². The lowest BCUT2D eigenvalue weighted by molar-refractivity contribution is -0.147. The Bertz CT molecular complexity index is 921. The summed E-state index contributed by atoms with van der Waals surface area (Å²) in [6, 6.07) is -0.677. The van der Waals surface area contributed by atoms with Crippen molar-refractivity contribution in [2.45, 2.75) is 59.5 Å². The fourth-order valence-corrected chi connectivity index (χ4v) is 3.49. The molecule has 0 amide bonds. The van der Waals surface area contributed by atoms with Crippen molar-refractivity contribution < 1.29 is 9.53 Å². The fraction of sp³-hybridized carbons (Fsp3) is 0.684. The molecule has 0 fully saturated rings. The number of H-pyrrole nitrogens is 1. The molecule has 9 nitrogen and oxygen atoms in total. The summed E-state index contributed by atoms with van der Waals surface area (Å²) < 4.78 is 8.20. The Hall–Kier alpha value is -2.42. The molecule has 2 heterocycles. The number of nitrogens with zero attached hydrogens (tertiary/aromatic N) is 4. The Balaban J connectivity index is 2.72. The number of hydrogen-bond acceptors (Lipinski definition) is 6. The topological polar surface area (TPSA) is 102 Å². The number of hydrogen-bond donors (Lipinski definition) is 1. The van der Waals surface area contributed by atoms with E-state index < -0.39 is 23.3 Å². The van der Waals surface area contributed by atoms with Crippen LogP contribution in [0.5, 0.6) is 0 Å². The van der Waals surface area contributed by atoms with Crippen molar-refractivity contribution in [2.75, 3.05) is 19.7 Å². The first-order chi connectivity index (χ1) is 13.4. The molecule has 0 aliphatic carbocycles. The monoisotopic (exact) mass is 393 g/mol. The highest BCUT2D eigenvalue weighted by Gasteiger charge is 2.28. The van der Waals surface area contributed by atoms with Crippen LogP contribution in [0.25, 0.3) is 11.2 Å². The van der Waals surface area contributed by atoms with E-state index in [1.165, 1.54) is 4.57 Å². The highest BCUT2D eigenvalue weighted by molar-refractivity contribution is 5.79. The van der Waals surface area contributed by atoms with Gasteiger partial charge >= 0.3 is 11.7 Å². The van der Waals surface area contributed by atoms with Crippen molar-refractivity contribution in [3.8, 4) is 0 Å². The molecule has 0 bridgehead atoms. The molecule has 2 aromatic heterocycles. The lowest BCUT2D eigenvalue weighted by Gasteiger charge is -2.23. The maximum atomic E-state index is 12.6. The van der Waals surface area contributed by atoms with Gasteiger partial charge in [-0.05, 0) is 39.3 Å². The van der Waals surface area contributed by atoms with E-state index in [4.69, 9.17) is 4.74 Å². The number of rotatable bonds is 10. The minimum atomic E-state index is -0.677. The zero-order valence-electron chi connectivity index (χ0n) is 17.4. The minimum Gasteiger partial charge on any atom is -0.464 e. The number of nitrogens with one attached hydrogen (secondary N) is 1. The average Bonchev–Trinajstić information content (AvgIpc) is 3.01. The van der Waals surface area contributed by atoms with E-state index in [1.54, 1.807) is 18.5 Å². The van der Waals surface area contributed by atoms with Gasteiger partial charge in [0.25, 0.3) is 5.56 Å². The molecular formula is C19H31N5O4. The molecule has 0 radical (unpaired) electrons. The van der Waals surface area contributed by atoms with Crippen LogP contribution in [-0.2, 0) is 23.1 Å². The van der Waals surface area contributed by atoms with Gasteiger partial charge in [-0.1, -0.05) is 20.8 Å². The van der Waals surface area contributed by atoms with Gasteiger partial charge in [-0.15, -0.1) is 0 Å². The molecule has 0 aliphatic rings. The zero-order valence-corrected chi connectivity index (χ0v) is 17.4. The van der Waals surface area contributed by atoms with Crippen LogP contribution in [0.1, 0.15) is 58.8 Å². The van der Waals surface area contributed by atoms with Gasteiger partial charge in [0.15, 0.2) is 11.2 Å². The molecule has 2 aromatic rings. The Morgan fingerprint density at radius 1 is 1.18 bits per heavy atom. The van der Waals surface area contributed by atoms with Crippen LogP contribution < -0.4 is 11.2 Å². The number of carbonyl (C=O) groups excluding carboxylic acids is 1. The molecule has 0 unspecified atom stereocenters. The van der Waals surface area contributed by atoms with E-state index in [1.807, 2.05) is 6.92 Å². The molecule has 156 valence electrons. The van der Waals surface area contributed by atoms with Gasteiger partial charge in [-0.25, -0.2) is 14.6 Å². The number of ether oxygens (including phenoxy) is 1. The fourth-order valence-electron chi connectivity index (χ4n) is 3.49. The van der Waals surface area contributed by atoms with E-state index in [9.17, 15) is 14.4 Å². The number of aromatic nitrogens is 4. The number of aryl methyl sites for hydroxylation is 1. The number of carbonyl (C=O) groups is 1. The van der Waals surface area contributed by atoms with Crippen molar-refractivity contribution in [3.63, 3.8) is 0 Å². The molecule has 0 saturated heterocycles. The smallest absolute Gasteiger partial charge is 0.329 e. The van der Waals surface area contributed by atoms with E-state index in [-0.39, 0.29) is 17.8 Å². The van der Waals surface area contributed by atoms with Gasteiger partial charge in [0.05, 0.1) is 13.2 Å². The quantitative estimate of drug-likeness (QED) is 0.615. The van der Waals surface area contributed by atoms with Gasteiger partial charge in [-0.3, -0.25) is 19.2 Å². The second kappa shape index (κ2) is 9.68. The van der Waals surface area contributed by atoms with Crippen LogP contribution in [-0.4, -0.2) is 49.7 Å². The lowest BCUT2D eigenvalue weighted by Crippen LogP contribution is -2.32. The van der Waals surface area contributed by atoms with Crippen molar-refractivity contribution in [2.24, 2.45) is 7.05 Å². The molecule has 1 atom stereocenters. The summed E-state index contributed by atoms with van der Waals surface area (Å²) in [5.41, 5.74) is -0.571. The van der Waals surface area contributed by atoms with Gasteiger partial charge in [0.2, 0.25) is 0 Å². The minimum absolute atomic E-state index is 0.227. The summed E-state index contributed by atoms with van der Waals surface area (Å²) in [5, 5.41) is 0. The first-order valence-corrected chi connectivity index (χ1v) is 9.98. The predicted molar refractivity (Wildman–Crippen MR) is 107 cm³/mol. The maximum absolute atomic E-state index is 12.6. The molecule has 1 N–H and O–H groups in total. The van der Waals surface area contributed by atoms with E-state index in [2.05, 4.69) is 28.7 Å². The highest BCUT2D eigenvalue weighted by atomic mass is 16.5. The number of esters is 1. The number of imidazole rings is 1. The van der Waals surface area contributed by atoms with Gasteiger partial charge in [-0.2, -0.15) is 0 Å². The third-order valence-corrected chi connectivity index (χ3v) is 4.73. The van der Waals surface area contributed by atoms with Crippen molar-refractivity contribution in [1.29, 1.82) is 0 Å². The second-order valence-electron chi connectivity index (χ2n) is 6.84. The maximum Gasteiger partial charge on any atom is 0.329 e. The molecule has 0 aromatic carbocycles. The van der Waals surface area contributed by atoms with Crippen LogP contribution >= 0.6 is 0 Å². The molecule has 0 spiro atoms. The van der Waals surface area contributed by atoms with Crippen LogP contribution in [0.4, 0.5) is 0 Å². The normalized spacial score (nSPS) is 12.6. The molecule has 0 saturated carbocycles. The third-order valence-electron chi connectivity index (χ3n) is 4.73. The number of aromatic amines is 1. The van der Waals surface area contributed by atoms with Crippen LogP contribution in [0.2, 0.25) is 0 Å². The van der Waals surface area contributed by atoms with Gasteiger partial charge < -0.3 is 9.30 Å². The first kappa shape index (κ1) is 21.9.